The van der Waals surface area contributed by atoms with E-state index in [9.17, 15) is 10.1 Å². The van der Waals surface area contributed by atoms with Crippen LogP contribution >= 0.6 is 11.6 Å². The minimum atomic E-state index is -0.358. The highest BCUT2D eigenvalue weighted by atomic mass is 35.5. The standard InChI is InChI=1S/C17H15ClN2O3/c1-23-13-5-2-11(3-6-13)16(10-20(21)22)15-9-19-17-7-4-12(18)8-14(15)17/h2-9,16,19H,10H2,1H3/t16-/m1/s1. The first-order valence-electron chi connectivity index (χ1n) is 7.11. The molecule has 0 bridgehead atoms. The van der Waals surface area contributed by atoms with E-state index in [1.807, 2.05) is 42.6 Å². The zero-order chi connectivity index (χ0) is 16.4. The predicted octanol–water partition coefficient (Wildman–Crippen LogP) is 4.24. The minimum Gasteiger partial charge on any atom is -0.497 e. The molecule has 118 valence electrons. The van der Waals surface area contributed by atoms with Crippen LogP contribution in [0.2, 0.25) is 5.02 Å². The zero-order valence-corrected chi connectivity index (χ0v) is 13.2. The summed E-state index contributed by atoms with van der Waals surface area (Å²) in [4.78, 5) is 14.0. The van der Waals surface area contributed by atoms with E-state index in [4.69, 9.17) is 16.3 Å². The molecule has 1 aromatic heterocycles. The van der Waals surface area contributed by atoms with E-state index < -0.39 is 0 Å². The third-order valence-electron chi connectivity index (χ3n) is 3.90. The summed E-state index contributed by atoms with van der Waals surface area (Å²) in [6.07, 6.45) is 1.82. The van der Waals surface area contributed by atoms with Crippen molar-refractivity contribution in [3.05, 3.63) is 74.9 Å². The lowest BCUT2D eigenvalue weighted by Gasteiger charge is -2.13. The van der Waals surface area contributed by atoms with Gasteiger partial charge >= 0.3 is 0 Å². The quantitative estimate of drug-likeness (QED) is 0.562. The van der Waals surface area contributed by atoms with Crippen molar-refractivity contribution < 1.29 is 9.66 Å². The maximum absolute atomic E-state index is 11.1. The van der Waals surface area contributed by atoms with Gasteiger partial charge in [-0.2, -0.15) is 0 Å². The first kappa shape index (κ1) is 15.4. The summed E-state index contributed by atoms with van der Waals surface area (Å²) in [5.41, 5.74) is 2.64. The summed E-state index contributed by atoms with van der Waals surface area (Å²) in [5.74, 6) is 0.360. The van der Waals surface area contributed by atoms with E-state index >= 15 is 0 Å². The number of aromatic nitrogens is 1. The molecule has 3 rings (SSSR count). The Bertz CT molecular complexity index is 843. The average Bonchev–Trinajstić information content (AvgIpc) is 2.95. The SMILES string of the molecule is COc1ccc([C@@H](C[N+](=O)[O-])c2c[nH]c3ccc(Cl)cc23)cc1. The Balaban J connectivity index is 2.10. The molecule has 0 fully saturated rings. The third kappa shape index (κ3) is 3.14. The highest BCUT2D eigenvalue weighted by molar-refractivity contribution is 6.31. The van der Waals surface area contributed by atoms with E-state index in [0.29, 0.717) is 5.02 Å². The number of hydrogen-bond acceptors (Lipinski definition) is 3. The van der Waals surface area contributed by atoms with Crippen LogP contribution < -0.4 is 4.74 Å². The van der Waals surface area contributed by atoms with Gasteiger partial charge in [-0.25, -0.2) is 0 Å². The maximum atomic E-state index is 11.1. The van der Waals surface area contributed by atoms with Crippen molar-refractivity contribution in [2.24, 2.45) is 0 Å². The largest absolute Gasteiger partial charge is 0.497 e. The van der Waals surface area contributed by atoms with Crippen LogP contribution in [0, 0.1) is 10.1 Å². The number of H-pyrrole nitrogens is 1. The Morgan fingerprint density at radius 2 is 2.00 bits per heavy atom. The second-order valence-electron chi connectivity index (χ2n) is 5.27. The Hall–Kier alpha value is -2.53. The molecule has 0 spiro atoms. The summed E-state index contributed by atoms with van der Waals surface area (Å²) in [6, 6.07) is 12.8. The van der Waals surface area contributed by atoms with E-state index in [-0.39, 0.29) is 17.4 Å². The first-order valence-corrected chi connectivity index (χ1v) is 7.48. The Kier molecular flexibility index (Phi) is 4.21. The molecular formula is C17H15ClN2O3. The third-order valence-corrected chi connectivity index (χ3v) is 4.14. The van der Waals surface area contributed by atoms with Gasteiger partial charge in [0.25, 0.3) is 0 Å². The second kappa shape index (κ2) is 6.30. The van der Waals surface area contributed by atoms with Gasteiger partial charge in [-0.1, -0.05) is 23.7 Å². The molecule has 3 aromatic rings. The first-order chi connectivity index (χ1) is 11.1. The monoisotopic (exact) mass is 330 g/mol. The molecule has 1 atom stereocenters. The fraction of sp³-hybridized carbons (Fsp3) is 0.176. The van der Waals surface area contributed by atoms with Gasteiger partial charge in [0, 0.05) is 27.0 Å². The van der Waals surface area contributed by atoms with E-state index in [1.165, 1.54) is 0 Å². The van der Waals surface area contributed by atoms with Gasteiger partial charge in [0.1, 0.15) is 5.75 Å². The lowest BCUT2D eigenvalue weighted by atomic mass is 9.91. The number of benzene rings is 2. The Morgan fingerprint density at radius 3 is 2.65 bits per heavy atom. The number of hydrogen-bond donors (Lipinski definition) is 1. The van der Waals surface area contributed by atoms with Crippen LogP contribution in [0.4, 0.5) is 0 Å². The molecule has 0 saturated carbocycles. The number of nitrogens with zero attached hydrogens (tertiary/aromatic N) is 1. The predicted molar refractivity (Wildman–Crippen MR) is 90.0 cm³/mol. The molecule has 0 aliphatic rings. The van der Waals surface area contributed by atoms with Crippen LogP contribution in [0.15, 0.2) is 48.7 Å². The Morgan fingerprint density at radius 1 is 1.26 bits per heavy atom. The number of methoxy groups -OCH3 is 1. The minimum absolute atomic E-state index is 0.189. The van der Waals surface area contributed by atoms with Crippen molar-refractivity contribution >= 4 is 22.5 Å². The smallest absolute Gasteiger partial charge is 0.214 e. The molecule has 1 heterocycles. The molecule has 0 unspecified atom stereocenters. The molecule has 2 aromatic carbocycles. The maximum Gasteiger partial charge on any atom is 0.214 e. The van der Waals surface area contributed by atoms with Gasteiger partial charge in [0.15, 0.2) is 0 Å². The molecule has 0 amide bonds. The zero-order valence-electron chi connectivity index (χ0n) is 12.5. The summed E-state index contributed by atoms with van der Waals surface area (Å²) in [6.45, 7) is -0.189. The number of ether oxygens (including phenoxy) is 1. The van der Waals surface area contributed by atoms with E-state index in [2.05, 4.69) is 4.98 Å². The molecule has 0 aliphatic carbocycles. The highest BCUT2D eigenvalue weighted by Gasteiger charge is 2.23. The molecule has 1 N–H and O–H groups in total. The number of halogens is 1. The summed E-state index contributed by atoms with van der Waals surface area (Å²) < 4.78 is 5.15. The molecule has 0 radical (unpaired) electrons. The van der Waals surface area contributed by atoms with Crippen molar-refractivity contribution in [1.29, 1.82) is 0 Å². The van der Waals surface area contributed by atoms with Gasteiger partial charge in [-0.3, -0.25) is 10.1 Å². The van der Waals surface area contributed by atoms with Gasteiger partial charge in [-0.15, -0.1) is 0 Å². The van der Waals surface area contributed by atoms with E-state index in [1.54, 1.807) is 13.2 Å². The average molecular weight is 331 g/mol. The normalized spacial score (nSPS) is 12.3. The van der Waals surface area contributed by atoms with E-state index in [0.717, 1.165) is 27.8 Å². The fourth-order valence-electron chi connectivity index (χ4n) is 2.77. The lowest BCUT2D eigenvalue weighted by Crippen LogP contribution is -2.13. The summed E-state index contributed by atoms with van der Waals surface area (Å²) in [5, 5.41) is 12.7. The van der Waals surface area contributed by atoms with Gasteiger partial charge < -0.3 is 9.72 Å². The van der Waals surface area contributed by atoms with Crippen molar-refractivity contribution in [3.8, 4) is 5.75 Å². The van der Waals surface area contributed by atoms with Crippen LogP contribution in [-0.4, -0.2) is 23.6 Å². The van der Waals surface area contributed by atoms with Crippen molar-refractivity contribution in [2.45, 2.75) is 5.92 Å². The number of aromatic amines is 1. The second-order valence-corrected chi connectivity index (χ2v) is 5.71. The van der Waals surface area contributed by atoms with Crippen LogP contribution in [-0.2, 0) is 0 Å². The van der Waals surface area contributed by atoms with Gasteiger partial charge in [-0.05, 0) is 41.5 Å². The number of fused-ring (bicyclic) bond motifs is 1. The van der Waals surface area contributed by atoms with Crippen LogP contribution in [0.5, 0.6) is 5.75 Å². The molecule has 0 saturated heterocycles. The van der Waals surface area contributed by atoms with Crippen LogP contribution in [0.1, 0.15) is 17.0 Å². The van der Waals surface area contributed by atoms with Crippen molar-refractivity contribution in [3.63, 3.8) is 0 Å². The molecule has 0 aliphatic heterocycles. The van der Waals surface area contributed by atoms with Crippen molar-refractivity contribution in [1.82, 2.24) is 4.98 Å². The van der Waals surface area contributed by atoms with Gasteiger partial charge in [0.05, 0.1) is 13.0 Å². The number of rotatable bonds is 5. The topological polar surface area (TPSA) is 68.2 Å². The molecule has 6 heteroatoms. The Labute approximate surface area is 138 Å². The summed E-state index contributed by atoms with van der Waals surface area (Å²) in [7, 11) is 1.59. The van der Waals surface area contributed by atoms with Crippen LogP contribution in [0.25, 0.3) is 10.9 Å². The number of nitrogens with one attached hydrogen (secondary N) is 1. The molecule has 5 nitrogen and oxygen atoms in total. The fourth-order valence-corrected chi connectivity index (χ4v) is 2.94. The molecular weight excluding hydrogens is 316 g/mol. The lowest BCUT2D eigenvalue weighted by molar-refractivity contribution is -0.481. The number of nitro groups is 1. The van der Waals surface area contributed by atoms with Gasteiger partial charge in [0.2, 0.25) is 6.54 Å². The van der Waals surface area contributed by atoms with Crippen LogP contribution in [0.3, 0.4) is 0 Å². The van der Waals surface area contributed by atoms with Crippen molar-refractivity contribution in [2.75, 3.05) is 13.7 Å². The highest BCUT2D eigenvalue weighted by Crippen LogP contribution is 2.33. The molecule has 23 heavy (non-hydrogen) atoms. The summed E-state index contributed by atoms with van der Waals surface area (Å²) >= 11 is 6.08.